The van der Waals surface area contributed by atoms with Crippen LogP contribution in [0.1, 0.15) is 40.3 Å². The quantitative estimate of drug-likeness (QED) is 0.482. The first-order valence-corrected chi connectivity index (χ1v) is 10.9. The SMILES string of the molecule is C=CSC1=C(C(=O)/C=C/c2ccc(C)cc2)CCC(c2ccc(C)cc2)S1. The third kappa shape index (κ3) is 5.27. The lowest BCUT2D eigenvalue weighted by molar-refractivity contribution is -0.111. The Morgan fingerprint density at radius 2 is 1.70 bits per heavy atom. The zero-order valence-electron chi connectivity index (χ0n) is 15.8. The van der Waals surface area contributed by atoms with E-state index in [2.05, 4.69) is 56.8 Å². The molecule has 2 aromatic carbocycles. The molecule has 0 amide bonds. The molecular formula is C24H24OS2. The minimum atomic E-state index is 0.106. The number of hydrogen-bond donors (Lipinski definition) is 0. The molecule has 2 aromatic rings. The molecule has 0 spiro atoms. The first-order valence-electron chi connectivity index (χ1n) is 9.10. The van der Waals surface area contributed by atoms with Crippen LogP contribution in [-0.4, -0.2) is 5.78 Å². The summed E-state index contributed by atoms with van der Waals surface area (Å²) in [5.74, 6) is 0.106. The lowest BCUT2D eigenvalue weighted by atomic mass is 10.00. The second-order valence-electron chi connectivity index (χ2n) is 6.71. The predicted octanol–water partition coefficient (Wildman–Crippen LogP) is 7.24. The number of ketones is 1. The number of carbonyl (C=O) groups is 1. The molecule has 1 unspecified atom stereocenters. The molecule has 0 N–H and O–H groups in total. The Labute approximate surface area is 170 Å². The van der Waals surface area contributed by atoms with Crippen molar-refractivity contribution in [1.29, 1.82) is 0 Å². The molecule has 3 rings (SSSR count). The minimum Gasteiger partial charge on any atom is -0.290 e. The van der Waals surface area contributed by atoms with E-state index in [1.165, 1.54) is 16.7 Å². The fourth-order valence-corrected chi connectivity index (χ4v) is 5.40. The van der Waals surface area contributed by atoms with E-state index in [4.69, 9.17) is 0 Å². The van der Waals surface area contributed by atoms with E-state index in [0.29, 0.717) is 5.25 Å². The molecule has 0 saturated carbocycles. The summed E-state index contributed by atoms with van der Waals surface area (Å²) in [6.07, 6.45) is 5.39. The predicted molar refractivity (Wildman–Crippen MR) is 121 cm³/mol. The third-order valence-electron chi connectivity index (χ3n) is 4.59. The van der Waals surface area contributed by atoms with E-state index in [0.717, 1.165) is 28.2 Å². The van der Waals surface area contributed by atoms with Crippen molar-refractivity contribution in [3.8, 4) is 0 Å². The van der Waals surface area contributed by atoms with E-state index >= 15 is 0 Å². The van der Waals surface area contributed by atoms with Crippen LogP contribution < -0.4 is 0 Å². The van der Waals surface area contributed by atoms with E-state index < -0.39 is 0 Å². The summed E-state index contributed by atoms with van der Waals surface area (Å²) >= 11 is 3.36. The molecule has 0 bridgehead atoms. The lowest BCUT2D eigenvalue weighted by Gasteiger charge is -2.25. The molecule has 0 fully saturated rings. The van der Waals surface area contributed by atoms with E-state index in [1.807, 2.05) is 23.6 Å². The number of hydrogen-bond acceptors (Lipinski definition) is 3. The summed E-state index contributed by atoms with van der Waals surface area (Å²) in [5.41, 5.74) is 5.78. The molecule has 0 radical (unpaired) electrons. The summed E-state index contributed by atoms with van der Waals surface area (Å²) < 4.78 is 1.08. The smallest absolute Gasteiger partial charge is 0.183 e. The molecule has 0 saturated heterocycles. The normalized spacial score (nSPS) is 17.3. The van der Waals surface area contributed by atoms with Crippen LogP contribution in [0.4, 0.5) is 0 Å². The van der Waals surface area contributed by atoms with Crippen molar-refractivity contribution in [2.45, 2.75) is 31.9 Å². The highest BCUT2D eigenvalue weighted by atomic mass is 32.2. The van der Waals surface area contributed by atoms with Gasteiger partial charge in [0.05, 0.1) is 4.24 Å². The number of thioether (sulfide) groups is 2. The summed E-state index contributed by atoms with van der Waals surface area (Å²) in [6, 6.07) is 16.9. The van der Waals surface area contributed by atoms with Crippen LogP contribution in [0.2, 0.25) is 0 Å². The summed E-state index contributed by atoms with van der Waals surface area (Å²) in [6.45, 7) is 8.01. The maximum atomic E-state index is 12.8. The number of aryl methyl sites for hydroxylation is 2. The van der Waals surface area contributed by atoms with Crippen molar-refractivity contribution >= 4 is 35.4 Å². The first-order chi connectivity index (χ1) is 13.1. The van der Waals surface area contributed by atoms with Crippen LogP contribution in [-0.2, 0) is 4.79 Å². The van der Waals surface area contributed by atoms with Crippen LogP contribution in [0.15, 0.2) is 76.4 Å². The topological polar surface area (TPSA) is 17.1 Å². The van der Waals surface area contributed by atoms with Crippen LogP contribution in [0.3, 0.4) is 0 Å². The molecule has 3 heteroatoms. The number of allylic oxidation sites excluding steroid dienone is 2. The second kappa shape index (κ2) is 9.29. The van der Waals surface area contributed by atoms with E-state index in [-0.39, 0.29) is 5.78 Å². The molecule has 0 aromatic heterocycles. The largest absolute Gasteiger partial charge is 0.290 e. The molecular weight excluding hydrogens is 368 g/mol. The van der Waals surface area contributed by atoms with E-state index in [1.54, 1.807) is 29.6 Å². The van der Waals surface area contributed by atoms with Crippen molar-refractivity contribution < 1.29 is 4.79 Å². The van der Waals surface area contributed by atoms with Crippen molar-refractivity contribution in [2.75, 3.05) is 0 Å². The molecule has 0 aliphatic carbocycles. The van der Waals surface area contributed by atoms with Gasteiger partial charge in [-0.3, -0.25) is 4.79 Å². The van der Waals surface area contributed by atoms with Gasteiger partial charge in [0.1, 0.15) is 0 Å². The Bertz CT molecular complexity index is 874. The Kier molecular flexibility index (Phi) is 6.81. The zero-order valence-corrected chi connectivity index (χ0v) is 17.4. The maximum absolute atomic E-state index is 12.8. The Morgan fingerprint density at radius 1 is 1.07 bits per heavy atom. The zero-order chi connectivity index (χ0) is 19.2. The Hall–Kier alpha value is -1.97. The highest BCUT2D eigenvalue weighted by Gasteiger charge is 2.25. The van der Waals surface area contributed by atoms with Gasteiger partial charge >= 0.3 is 0 Å². The van der Waals surface area contributed by atoms with Gasteiger partial charge < -0.3 is 0 Å². The van der Waals surface area contributed by atoms with Gasteiger partial charge in [-0.05, 0) is 49.3 Å². The van der Waals surface area contributed by atoms with Crippen LogP contribution >= 0.6 is 23.5 Å². The molecule has 1 aliphatic rings. The monoisotopic (exact) mass is 392 g/mol. The molecule has 1 aliphatic heterocycles. The number of carbonyl (C=O) groups excluding carboxylic acids is 1. The van der Waals surface area contributed by atoms with Gasteiger partial charge in [0, 0.05) is 10.8 Å². The van der Waals surface area contributed by atoms with Crippen LogP contribution in [0, 0.1) is 13.8 Å². The van der Waals surface area contributed by atoms with Gasteiger partial charge in [0.25, 0.3) is 0 Å². The van der Waals surface area contributed by atoms with Crippen molar-refractivity contribution in [2.24, 2.45) is 0 Å². The molecule has 1 heterocycles. The number of benzene rings is 2. The van der Waals surface area contributed by atoms with Crippen molar-refractivity contribution in [3.05, 3.63) is 98.7 Å². The third-order valence-corrected chi connectivity index (χ3v) is 7.05. The highest BCUT2D eigenvalue weighted by molar-refractivity contribution is 8.23. The van der Waals surface area contributed by atoms with Gasteiger partial charge in [-0.15, -0.1) is 11.8 Å². The molecule has 1 atom stereocenters. The fourth-order valence-electron chi connectivity index (χ4n) is 3.00. The maximum Gasteiger partial charge on any atom is 0.183 e. The van der Waals surface area contributed by atoms with Crippen molar-refractivity contribution in [1.82, 2.24) is 0 Å². The lowest BCUT2D eigenvalue weighted by Crippen LogP contribution is -2.09. The second-order valence-corrected chi connectivity index (χ2v) is 9.16. The average Bonchev–Trinajstić information content (AvgIpc) is 2.68. The van der Waals surface area contributed by atoms with Gasteiger partial charge in [0.2, 0.25) is 0 Å². The molecule has 138 valence electrons. The summed E-state index contributed by atoms with van der Waals surface area (Å²) in [4.78, 5) is 12.8. The van der Waals surface area contributed by atoms with E-state index in [9.17, 15) is 4.79 Å². The Balaban J connectivity index is 1.78. The van der Waals surface area contributed by atoms with Gasteiger partial charge in [-0.25, -0.2) is 0 Å². The molecule has 1 nitrogen and oxygen atoms in total. The first kappa shape index (κ1) is 19.8. The number of rotatable bonds is 6. The fraction of sp³-hybridized carbons (Fsp3) is 0.208. The molecule has 27 heavy (non-hydrogen) atoms. The standard InChI is InChI=1S/C24H24OS2/c1-4-26-24-21(22(25)15-11-19-9-5-17(2)6-10-19)14-16-23(27-24)20-12-7-18(3)8-13-20/h4-13,15,23H,1,14,16H2,2-3H3/b15-11+. The van der Waals surface area contributed by atoms with Crippen LogP contribution in [0.25, 0.3) is 6.08 Å². The Morgan fingerprint density at radius 3 is 2.33 bits per heavy atom. The minimum absolute atomic E-state index is 0.106. The van der Waals surface area contributed by atoms with Crippen molar-refractivity contribution in [3.63, 3.8) is 0 Å². The van der Waals surface area contributed by atoms with Gasteiger partial charge in [0.15, 0.2) is 5.78 Å². The highest BCUT2D eigenvalue weighted by Crippen LogP contribution is 2.49. The van der Waals surface area contributed by atoms with Gasteiger partial charge in [-0.2, -0.15) is 0 Å². The average molecular weight is 393 g/mol. The summed E-state index contributed by atoms with van der Waals surface area (Å²) in [7, 11) is 0. The summed E-state index contributed by atoms with van der Waals surface area (Å²) in [5, 5.41) is 2.21. The van der Waals surface area contributed by atoms with Gasteiger partial charge in [-0.1, -0.05) is 84.1 Å². The van der Waals surface area contributed by atoms with Crippen LogP contribution in [0.5, 0.6) is 0 Å².